The molecule has 3 aromatic rings. The van der Waals surface area contributed by atoms with Gasteiger partial charge in [-0.2, -0.15) is 5.10 Å². The number of aromatic nitrogens is 3. The molecule has 1 amide bonds. The van der Waals surface area contributed by atoms with Crippen molar-refractivity contribution in [2.45, 2.75) is 39.2 Å². The van der Waals surface area contributed by atoms with Gasteiger partial charge in [0, 0.05) is 23.5 Å². The van der Waals surface area contributed by atoms with Crippen LogP contribution in [0.3, 0.4) is 0 Å². The van der Waals surface area contributed by atoms with Gasteiger partial charge in [0.25, 0.3) is 5.91 Å². The predicted octanol–water partition coefficient (Wildman–Crippen LogP) is 4.60. The maximum absolute atomic E-state index is 12.6. The Morgan fingerprint density at radius 2 is 2.12 bits per heavy atom. The number of thiophene rings is 1. The maximum atomic E-state index is 12.6. The third kappa shape index (κ3) is 3.09. The first-order valence-electron chi connectivity index (χ1n) is 8.50. The molecule has 1 aliphatic rings. The molecule has 0 spiro atoms. The molecule has 128 valence electrons. The quantitative estimate of drug-likeness (QED) is 0.746. The Morgan fingerprint density at radius 3 is 2.84 bits per heavy atom. The van der Waals surface area contributed by atoms with E-state index in [0.717, 1.165) is 27.4 Å². The monoisotopic (exact) mass is 352 g/mol. The zero-order valence-corrected chi connectivity index (χ0v) is 15.1. The average molecular weight is 352 g/mol. The normalized spacial score (nSPS) is 14.3. The van der Waals surface area contributed by atoms with Gasteiger partial charge < -0.3 is 5.32 Å². The van der Waals surface area contributed by atoms with Crippen LogP contribution in [-0.2, 0) is 0 Å². The highest BCUT2D eigenvalue weighted by Gasteiger charge is 2.22. The van der Waals surface area contributed by atoms with E-state index < -0.39 is 0 Å². The van der Waals surface area contributed by atoms with Crippen LogP contribution in [0, 0.1) is 13.8 Å². The van der Waals surface area contributed by atoms with Crippen LogP contribution >= 0.6 is 11.3 Å². The van der Waals surface area contributed by atoms with Crippen LogP contribution in [0.5, 0.6) is 0 Å². The van der Waals surface area contributed by atoms with Crippen molar-refractivity contribution >= 4 is 22.9 Å². The highest BCUT2D eigenvalue weighted by molar-refractivity contribution is 7.17. The number of pyridine rings is 1. The topological polar surface area (TPSA) is 59.8 Å². The first-order valence-corrected chi connectivity index (χ1v) is 9.31. The summed E-state index contributed by atoms with van der Waals surface area (Å²) in [7, 11) is 0. The summed E-state index contributed by atoms with van der Waals surface area (Å²) in [5, 5.41) is 7.55. The van der Waals surface area contributed by atoms with E-state index in [2.05, 4.69) is 15.4 Å². The van der Waals surface area contributed by atoms with Gasteiger partial charge >= 0.3 is 0 Å². The van der Waals surface area contributed by atoms with Gasteiger partial charge in [-0.05, 0) is 62.4 Å². The molecule has 25 heavy (non-hydrogen) atoms. The summed E-state index contributed by atoms with van der Waals surface area (Å²) < 4.78 is 1.99. The van der Waals surface area contributed by atoms with Gasteiger partial charge in [0.05, 0.1) is 22.3 Å². The van der Waals surface area contributed by atoms with Crippen molar-refractivity contribution in [2.75, 3.05) is 5.32 Å². The molecule has 0 radical (unpaired) electrons. The number of aryl methyl sites for hydroxylation is 2. The number of rotatable bonds is 4. The Hall–Kier alpha value is -2.47. The molecule has 0 aliphatic heterocycles. The molecule has 1 aliphatic carbocycles. The Balaban J connectivity index is 1.52. The molecule has 1 N–H and O–H groups in total. The first-order chi connectivity index (χ1) is 12.1. The number of carbonyl (C=O) groups is 1. The van der Waals surface area contributed by atoms with Crippen molar-refractivity contribution in [3.8, 4) is 10.4 Å². The predicted molar refractivity (Wildman–Crippen MR) is 100 cm³/mol. The van der Waals surface area contributed by atoms with Crippen molar-refractivity contribution in [3.63, 3.8) is 0 Å². The molecule has 0 unspecified atom stereocenters. The fraction of sp³-hybridized carbons (Fsp3) is 0.316. The second-order valence-electron chi connectivity index (χ2n) is 6.50. The van der Waals surface area contributed by atoms with E-state index in [9.17, 15) is 4.79 Å². The zero-order valence-electron chi connectivity index (χ0n) is 14.3. The van der Waals surface area contributed by atoms with Gasteiger partial charge in [-0.15, -0.1) is 11.3 Å². The van der Waals surface area contributed by atoms with Crippen LogP contribution in [0.25, 0.3) is 10.4 Å². The molecule has 1 fully saturated rings. The number of nitrogens with one attached hydrogen (secondary N) is 1. The summed E-state index contributed by atoms with van der Waals surface area (Å²) in [6.07, 6.45) is 9.19. The van der Waals surface area contributed by atoms with Crippen LogP contribution in [0.4, 0.5) is 5.69 Å². The lowest BCUT2D eigenvalue weighted by atomic mass is 9.93. The number of hydrogen-bond donors (Lipinski definition) is 1. The Labute approximate surface area is 150 Å². The smallest absolute Gasteiger partial charge is 0.265 e. The molecule has 0 saturated heterocycles. The van der Waals surface area contributed by atoms with E-state index in [1.165, 1.54) is 30.6 Å². The van der Waals surface area contributed by atoms with E-state index in [1.807, 2.05) is 49.1 Å². The van der Waals surface area contributed by atoms with Gasteiger partial charge in [-0.25, -0.2) is 0 Å². The van der Waals surface area contributed by atoms with Crippen molar-refractivity contribution in [2.24, 2.45) is 0 Å². The number of amides is 1. The lowest BCUT2D eigenvalue weighted by Crippen LogP contribution is -2.17. The first kappa shape index (κ1) is 16.0. The number of carbonyl (C=O) groups excluding carboxylic acids is 1. The van der Waals surface area contributed by atoms with Crippen LogP contribution in [0.15, 0.2) is 36.8 Å². The van der Waals surface area contributed by atoms with Gasteiger partial charge in [0.2, 0.25) is 0 Å². The van der Waals surface area contributed by atoms with Crippen LogP contribution in [0.1, 0.15) is 46.2 Å². The van der Waals surface area contributed by atoms with Crippen molar-refractivity contribution < 1.29 is 4.79 Å². The van der Waals surface area contributed by atoms with Crippen LogP contribution in [-0.4, -0.2) is 20.7 Å². The third-order valence-corrected chi connectivity index (χ3v) is 5.85. The maximum Gasteiger partial charge on any atom is 0.265 e. The number of anilines is 1. The van der Waals surface area contributed by atoms with Gasteiger partial charge in [0.15, 0.2) is 0 Å². The Kier molecular flexibility index (Phi) is 4.13. The summed E-state index contributed by atoms with van der Waals surface area (Å²) in [6.45, 7) is 3.96. The fourth-order valence-corrected chi connectivity index (χ4v) is 3.97. The molecular weight excluding hydrogens is 332 g/mol. The zero-order chi connectivity index (χ0) is 17.4. The number of hydrogen-bond acceptors (Lipinski definition) is 4. The molecule has 1 saturated carbocycles. The van der Waals surface area contributed by atoms with E-state index in [0.29, 0.717) is 10.9 Å². The minimum absolute atomic E-state index is 0.0841. The van der Waals surface area contributed by atoms with Gasteiger partial charge in [-0.1, -0.05) is 0 Å². The third-order valence-electron chi connectivity index (χ3n) is 4.73. The molecule has 6 heteroatoms. The summed E-state index contributed by atoms with van der Waals surface area (Å²) in [5.74, 6) is -0.0841. The highest BCUT2D eigenvalue weighted by atomic mass is 32.1. The molecule has 0 atom stereocenters. The van der Waals surface area contributed by atoms with E-state index >= 15 is 0 Å². The molecular formula is C19H20N4OS. The molecule has 5 nitrogen and oxygen atoms in total. The second kappa shape index (κ2) is 6.44. The molecule has 0 bridgehead atoms. The summed E-state index contributed by atoms with van der Waals surface area (Å²) in [4.78, 5) is 18.5. The lowest BCUT2D eigenvalue weighted by Gasteiger charge is -2.25. The largest absolute Gasteiger partial charge is 0.318 e. The molecule has 3 heterocycles. The molecule has 0 aromatic carbocycles. The van der Waals surface area contributed by atoms with Crippen molar-refractivity contribution in [3.05, 3.63) is 52.9 Å². The van der Waals surface area contributed by atoms with Crippen LogP contribution in [0.2, 0.25) is 0 Å². The summed E-state index contributed by atoms with van der Waals surface area (Å²) in [5.41, 5.74) is 3.89. The van der Waals surface area contributed by atoms with Gasteiger partial charge in [-0.3, -0.25) is 14.5 Å². The standard InChI is InChI=1S/C19H20N4OS/c1-12-10-20-9-8-15(12)17-6-7-18(25-17)19(24)21-16-11-23(22-13(16)2)14-4-3-5-14/h6-11,14H,3-5H2,1-2H3,(H,21,24). The minimum atomic E-state index is -0.0841. The van der Waals surface area contributed by atoms with E-state index in [4.69, 9.17) is 0 Å². The molecule has 3 aromatic heterocycles. The fourth-order valence-electron chi connectivity index (χ4n) is 2.98. The van der Waals surface area contributed by atoms with Crippen molar-refractivity contribution in [1.29, 1.82) is 0 Å². The summed E-state index contributed by atoms with van der Waals surface area (Å²) in [6, 6.07) is 6.34. The van der Waals surface area contributed by atoms with E-state index in [1.54, 1.807) is 6.20 Å². The Bertz CT molecular complexity index is 923. The minimum Gasteiger partial charge on any atom is -0.318 e. The van der Waals surface area contributed by atoms with Gasteiger partial charge in [0.1, 0.15) is 0 Å². The lowest BCUT2D eigenvalue weighted by molar-refractivity contribution is 0.103. The molecule has 4 rings (SSSR count). The highest BCUT2D eigenvalue weighted by Crippen LogP contribution is 2.33. The second-order valence-corrected chi connectivity index (χ2v) is 7.59. The van der Waals surface area contributed by atoms with Crippen molar-refractivity contribution in [1.82, 2.24) is 14.8 Å². The van der Waals surface area contributed by atoms with Crippen LogP contribution < -0.4 is 5.32 Å². The summed E-state index contributed by atoms with van der Waals surface area (Å²) >= 11 is 1.50. The average Bonchev–Trinajstić information content (AvgIpc) is 3.14. The number of nitrogens with zero attached hydrogens (tertiary/aromatic N) is 3. The SMILES string of the molecule is Cc1cnccc1-c1ccc(C(=O)Nc2cn(C3CCC3)nc2C)s1. The Morgan fingerprint density at radius 1 is 1.28 bits per heavy atom. The van der Waals surface area contributed by atoms with E-state index in [-0.39, 0.29) is 5.91 Å².